The molecular formula is C16H28N4. The van der Waals surface area contributed by atoms with Gasteiger partial charge in [0.2, 0.25) is 5.95 Å². The van der Waals surface area contributed by atoms with E-state index in [1.54, 1.807) is 0 Å². The molecule has 0 aliphatic heterocycles. The van der Waals surface area contributed by atoms with Gasteiger partial charge in [0.25, 0.3) is 0 Å². The highest BCUT2D eigenvalue weighted by Gasteiger charge is 2.38. The van der Waals surface area contributed by atoms with Gasteiger partial charge in [-0.15, -0.1) is 0 Å². The van der Waals surface area contributed by atoms with Gasteiger partial charge in [-0.2, -0.15) is 4.98 Å². The second-order valence-electron chi connectivity index (χ2n) is 7.55. The van der Waals surface area contributed by atoms with Crippen LogP contribution in [-0.2, 0) is 0 Å². The summed E-state index contributed by atoms with van der Waals surface area (Å²) in [5.74, 6) is 1.63. The van der Waals surface area contributed by atoms with Crippen molar-refractivity contribution in [2.24, 2.45) is 10.8 Å². The van der Waals surface area contributed by atoms with Gasteiger partial charge in [-0.25, -0.2) is 4.98 Å². The maximum atomic E-state index is 4.52. The Bertz CT molecular complexity index is 438. The van der Waals surface area contributed by atoms with Gasteiger partial charge in [-0.05, 0) is 43.1 Å². The molecule has 0 spiro atoms. The van der Waals surface area contributed by atoms with Crippen molar-refractivity contribution in [2.75, 3.05) is 17.2 Å². The second-order valence-corrected chi connectivity index (χ2v) is 7.55. The summed E-state index contributed by atoms with van der Waals surface area (Å²) < 4.78 is 0. The number of anilines is 2. The van der Waals surface area contributed by atoms with Crippen LogP contribution in [0.25, 0.3) is 0 Å². The monoisotopic (exact) mass is 276 g/mol. The Morgan fingerprint density at radius 2 is 1.85 bits per heavy atom. The minimum atomic E-state index is 0.386. The molecule has 0 atom stereocenters. The van der Waals surface area contributed by atoms with Crippen molar-refractivity contribution in [1.82, 2.24) is 9.97 Å². The molecule has 0 saturated heterocycles. The minimum absolute atomic E-state index is 0.386. The highest BCUT2D eigenvalue weighted by atomic mass is 15.1. The summed E-state index contributed by atoms with van der Waals surface area (Å²) in [6.07, 6.45) is 5.48. The maximum absolute atomic E-state index is 4.52. The SMILES string of the molecule is CCNc1nccc(NC2CC(C)(C)CC(C)(C)C2)n1. The lowest BCUT2D eigenvalue weighted by molar-refractivity contribution is 0.105. The molecular weight excluding hydrogens is 248 g/mol. The largest absolute Gasteiger partial charge is 0.367 e. The Hall–Kier alpha value is -1.32. The molecule has 0 radical (unpaired) electrons. The predicted octanol–water partition coefficient (Wildman–Crippen LogP) is 3.93. The van der Waals surface area contributed by atoms with E-state index in [9.17, 15) is 0 Å². The molecule has 1 saturated carbocycles. The Kier molecular flexibility index (Phi) is 4.21. The molecule has 0 aromatic carbocycles. The molecule has 1 aromatic rings. The fourth-order valence-electron chi connectivity index (χ4n) is 3.84. The number of nitrogens with one attached hydrogen (secondary N) is 2. The summed E-state index contributed by atoms with van der Waals surface area (Å²) in [5, 5.41) is 6.76. The van der Waals surface area contributed by atoms with Crippen LogP contribution in [0.2, 0.25) is 0 Å². The third kappa shape index (κ3) is 4.09. The molecule has 2 rings (SSSR count). The first-order valence-corrected chi connectivity index (χ1v) is 7.63. The predicted molar refractivity (Wildman–Crippen MR) is 85.0 cm³/mol. The van der Waals surface area contributed by atoms with E-state index in [4.69, 9.17) is 0 Å². The number of aromatic nitrogens is 2. The van der Waals surface area contributed by atoms with E-state index in [1.807, 2.05) is 12.3 Å². The van der Waals surface area contributed by atoms with Crippen molar-refractivity contribution in [3.8, 4) is 0 Å². The van der Waals surface area contributed by atoms with Crippen molar-refractivity contribution < 1.29 is 0 Å². The third-order valence-electron chi connectivity index (χ3n) is 3.90. The zero-order valence-corrected chi connectivity index (χ0v) is 13.5. The normalized spacial score (nSPS) is 21.4. The first kappa shape index (κ1) is 15.1. The first-order valence-electron chi connectivity index (χ1n) is 7.63. The van der Waals surface area contributed by atoms with Crippen molar-refractivity contribution in [3.05, 3.63) is 12.3 Å². The van der Waals surface area contributed by atoms with E-state index in [2.05, 4.69) is 55.2 Å². The van der Waals surface area contributed by atoms with Gasteiger partial charge in [-0.3, -0.25) is 0 Å². The van der Waals surface area contributed by atoms with E-state index in [-0.39, 0.29) is 0 Å². The summed E-state index contributed by atoms with van der Waals surface area (Å²) in [5.41, 5.74) is 0.772. The third-order valence-corrected chi connectivity index (χ3v) is 3.90. The maximum Gasteiger partial charge on any atom is 0.224 e. The molecule has 1 heterocycles. The molecule has 1 aliphatic carbocycles. The lowest BCUT2D eigenvalue weighted by Gasteiger charge is -2.45. The van der Waals surface area contributed by atoms with E-state index >= 15 is 0 Å². The van der Waals surface area contributed by atoms with Gasteiger partial charge in [0.15, 0.2) is 0 Å². The van der Waals surface area contributed by atoms with Gasteiger partial charge in [0, 0.05) is 18.8 Å². The summed E-state index contributed by atoms with van der Waals surface area (Å²) in [6, 6.07) is 2.44. The molecule has 20 heavy (non-hydrogen) atoms. The van der Waals surface area contributed by atoms with E-state index in [0.717, 1.165) is 12.4 Å². The van der Waals surface area contributed by atoms with Crippen molar-refractivity contribution in [1.29, 1.82) is 0 Å². The van der Waals surface area contributed by atoms with Crippen molar-refractivity contribution in [3.63, 3.8) is 0 Å². The Labute approximate surface area is 122 Å². The molecule has 0 amide bonds. The Morgan fingerprint density at radius 3 is 2.45 bits per heavy atom. The molecule has 1 aliphatic rings. The summed E-state index contributed by atoms with van der Waals surface area (Å²) >= 11 is 0. The summed E-state index contributed by atoms with van der Waals surface area (Å²) in [6.45, 7) is 12.4. The van der Waals surface area contributed by atoms with E-state index < -0.39 is 0 Å². The molecule has 2 N–H and O–H groups in total. The van der Waals surface area contributed by atoms with Crippen molar-refractivity contribution in [2.45, 2.75) is 59.9 Å². The van der Waals surface area contributed by atoms with Crippen LogP contribution >= 0.6 is 0 Å². The number of rotatable bonds is 4. The van der Waals surface area contributed by atoms with Crippen LogP contribution < -0.4 is 10.6 Å². The average Bonchev–Trinajstić information content (AvgIpc) is 2.25. The fourth-order valence-corrected chi connectivity index (χ4v) is 3.84. The molecule has 112 valence electrons. The van der Waals surface area contributed by atoms with Gasteiger partial charge in [-0.1, -0.05) is 27.7 Å². The molecule has 1 fully saturated rings. The minimum Gasteiger partial charge on any atom is -0.367 e. The van der Waals surface area contributed by atoms with Crippen LogP contribution in [0.1, 0.15) is 53.9 Å². The van der Waals surface area contributed by atoms with Crippen LogP contribution in [0.3, 0.4) is 0 Å². The quantitative estimate of drug-likeness (QED) is 0.875. The number of hydrogen-bond donors (Lipinski definition) is 2. The molecule has 4 heteroatoms. The standard InChI is InChI=1S/C16H28N4/c1-6-17-14-18-8-7-13(20-14)19-12-9-15(2,3)11-16(4,5)10-12/h7-8,12H,6,9-11H2,1-5H3,(H2,17,18,19,20). The second kappa shape index (κ2) is 5.58. The number of hydrogen-bond acceptors (Lipinski definition) is 4. The number of nitrogens with zero attached hydrogens (tertiary/aromatic N) is 2. The Morgan fingerprint density at radius 1 is 1.20 bits per heavy atom. The zero-order valence-electron chi connectivity index (χ0n) is 13.5. The smallest absolute Gasteiger partial charge is 0.224 e. The van der Waals surface area contributed by atoms with Crippen molar-refractivity contribution >= 4 is 11.8 Å². The van der Waals surface area contributed by atoms with E-state index in [1.165, 1.54) is 19.3 Å². The highest BCUT2D eigenvalue weighted by molar-refractivity contribution is 5.40. The van der Waals surface area contributed by atoms with Crippen LogP contribution in [0.4, 0.5) is 11.8 Å². The Balaban J connectivity index is 2.07. The highest BCUT2D eigenvalue weighted by Crippen LogP contribution is 2.46. The van der Waals surface area contributed by atoms with Gasteiger partial charge >= 0.3 is 0 Å². The topological polar surface area (TPSA) is 49.8 Å². The van der Waals surface area contributed by atoms with Gasteiger partial charge in [0.05, 0.1) is 0 Å². The summed E-state index contributed by atoms with van der Waals surface area (Å²) in [7, 11) is 0. The summed E-state index contributed by atoms with van der Waals surface area (Å²) in [4.78, 5) is 8.74. The molecule has 1 aromatic heterocycles. The van der Waals surface area contributed by atoms with Gasteiger partial charge in [0.1, 0.15) is 5.82 Å². The molecule has 0 bridgehead atoms. The first-order chi connectivity index (χ1) is 9.30. The lowest BCUT2D eigenvalue weighted by atomic mass is 9.63. The van der Waals surface area contributed by atoms with Crippen LogP contribution in [0, 0.1) is 10.8 Å². The van der Waals surface area contributed by atoms with Crippen LogP contribution in [0.5, 0.6) is 0 Å². The lowest BCUT2D eigenvalue weighted by Crippen LogP contribution is -2.40. The zero-order chi connectivity index (χ0) is 14.8. The van der Waals surface area contributed by atoms with Crippen LogP contribution in [0.15, 0.2) is 12.3 Å². The van der Waals surface area contributed by atoms with Gasteiger partial charge < -0.3 is 10.6 Å². The van der Waals surface area contributed by atoms with Crippen LogP contribution in [-0.4, -0.2) is 22.6 Å². The van der Waals surface area contributed by atoms with E-state index in [0.29, 0.717) is 22.8 Å². The fraction of sp³-hybridized carbons (Fsp3) is 0.750. The molecule has 0 unspecified atom stereocenters. The molecule has 4 nitrogen and oxygen atoms in total. The average molecular weight is 276 g/mol.